The van der Waals surface area contributed by atoms with E-state index >= 15 is 0 Å². The van der Waals surface area contributed by atoms with Gasteiger partial charge in [0.25, 0.3) is 5.91 Å². The number of sulfone groups is 1. The predicted molar refractivity (Wildman–Crippen MR) is 88.2 cm³/mol. The van der Waals surface area contributed by atoms with Crippen LogP contribution in [0, 0.1) is 5.82 Å². The molecule has 8 heteroatoms. The molecule has 0 fully saturated rings. The summed E-state index contributed by atoms with van der Waals surface area (Å²) in [7, 11) is -3.43. The largest absolute Gasteiger partial charge is 0.324 e. The zero-order chi connectivity index (χ0) is 17.9. The Morgan fingerprint density at radius 3 is 2.38 bits per heavy atom. The zero-order valence-electron chi connectivity index (χ0n) is 13.0. The SMILES string of the molecule is CC(=O)Nc1cc(NC(=O)c2cccc(S(C)(=O)=O)c2)ccc1F. The van der Waals surface area contributed by atoms with Crippen LogP contribution in [-0.4, -0.2) is 26.5 Å². The Morgan fingerprint density at radius 1 is 1.04 bits per heavy atom. The van der Waals surface area contributed by atoms with Gasteiger partial charge in [0, 0.05) is 24.4 Å². The first-order chi connectivity index (χ1) is 11.2. The number of nitrogens with one attached hydrogen (secondary N) is 2. The Bertz CT molecular complexity index is 910. The van der Waals surface area contributed by atoms with Gasteiger partial charge < -0.3 is 10.6 Å². The second-order valence-electron chi connectivity index (χ2n) is 5.13. The molecule has 0 aromatic heterocycles. The molecule has 0 radical (unpaired) electrons. The Balaban J connectivity index is 2.26. The van der Waals surface area contributed by atoms with Gasteiger partial charge in [-0.3, -0.25) is 9.59 Å². The number of benzene rings is 2. The highest BCUT2D eigenvalue weighted by molar-refractivity contribution is 7.90. The number of hydrogen-bond donors (Lipinski definition) is 2. The molecule has 6 nitrogen and oxygen atoms in total. The number of hydrogen-bond acceptors (Lipinski definition) is 4. The molecule has 0 saturated heterocycles. The summed E-state index contributed by atoms with van der Waals surface area (Å²) in [5.41, 5.74) is 0.337. The van der Waals surface area contributed by atoms with E-state index in [0.29, 0.717) is 0 Å². The lowest BCUT2D eigenvalue weighted by Gasteiger charge is -2.09. The van der Waals surface area contributed by atoms with E-state index in [2.05, 4.69) is 10.6 Å². The molecule has 0 spiro atoms. The molecule has 2 aromatic carbocycles. The van der Waals surface area contributed by atoms with E-state index in [-0.39, 0.29) is 21.8 Å². The maximum Gasteiger partial charge on any atom is 0.255 e. The van der Waals surface area contributed by atoms with Gasteiger partial charge in [-0.15, -0.1) is 0 Å². The number of carbonyl (C=O) groups is 2. The molecule has 2 amide bonds. The van der Waals surface area contributed by atoms with Gasteiger partial charge in [-0.25, -0.2) is 12.8 Å². The maximum absolute atomic E-state index is 13.6. The molecule has 0 heterocycles. The first kappa shape index (κ1) is 17.6. The molecule has 0 unspecified atom stereocenters. The van der Waals surface area contributed by atoms with Crippen LogP contribution in [0.3, 0.4) is 0 Å². The van der Waals surface area contributed by atoms with Crippen LogP contribution in [0.1, 0.15) is 17.3 Å². The van der Waals surface area contributed by atoms with Gasteiger partial charge in [0.2, 0.25) is 5.91 Å². The normalized spacial score (nSPS) is 11.0. The van der Waals surface area contributed by atoms with Crippen LogP contribution in [-0.2, 0) is 14.6 Å². The minimum absolute atomic E-state index is 0.0215. The van der Waals surface area contributed by atoms with Crippen molar-refractivity contribution < 1.29 is 22.4 Å². The third-order valence-corrected chi connectivity index (χ3v) is 4.17. The first-order valence-electron chi connectivity index (χ1n) is 6.85. The van der Waals surface area contributed by atoms with Gasteiger partial charge in [0.15, 0.2) is 9.84 Å². The minimum atomic E-state index is -3.43. The molecule has 0 aliphatic carbocycles. The summed E-state index contributed by atoms with van der Waals surface area (Å²) in [4.78, 5) is 23.3. The number of carbonyl (C=O) groups excluding carboxylic acids is 2. The Kier molecular flexibility index (Phi) is 4.99. The average Bonchev–Trinajstić information content (AvgIpc) is 2.49. The minimum Gasteiger partial charge on any atom is -0.324 e. The highest BCUT2D eigenvalue weighted by atomic mass is 32.2. The van der Waals surface area contributed by atoms with E-state index in [1.54, 1.807) is 0 Å². The van der Waals surface area contributed by atoms with Crippen molar-refractivity contribution in [2.75, 3.05) is 16.9 Å². The molecule has 0 atom stereocenters. The van der Waals surface area contributed by atoms with Crippen molar-refractivity contribution in [3.63, 3.8) is 0 Å². The topological polar surface area (TPSA) is 92.3 Å². The lowest BCUT2D eigenvalue weighted by molar-refractivity contribution is -0.114. The van der Waals surface area contributed by atoms with E-state index in [9.17, 15) is 22.4 Å². The summed E-state index contributed by atoms with van der Waals surface area (Å²) < 4.78 is 36.7. The highest BCUT2D eigenvalue weighted by Gasteiger charge is 2.13. The summed E-state index contributed by atoms with van der Waals surface area (Å²) in [6.07, 6.45) is 1.05. The zero-order valence-corrected chi connectivity index (χ0v) is 13.8. The van der Waals surface area contributed by atoms with Gasteiger partial charge in [-0.2, -0.15) is 0 Å². The Morgan fingerprint density at radius 2 is 1.75 bits per heavy atom. The fourth-order valence-corrected chi connectivity index (χ4v) is 2.63. The molecular formula is C16H15FN2O4S. The molecule has 2 rings (SSSR count). The van der Waals surface area contributed by atoms with Gasteiger partial charge in [-0.05, 0) is 36.4 Å². The molecule has 0 aliphatic heterocycles. The van der Waals surface area contributed by atoms with Crippen LogP contribution in [0.2, 0.25) is 0 Å². The van der Waals surface area contributed by atoms with Crippen molar-refractivity contribution in [2.24, 2.45) is 0 Å². The van der Waals surface area contributed by atoms with E-state index in [1.165, 1.54) is 43.3 Å². The van der Waals surface area contributed by atoms with E-state index in [0.717, 1.165) is 12.3 Å². The number of amides is 2. The number of rotatable bonds is 4. The van der Waals surface area contributed by atoms with Gasteiger partial charge in [0.05, 0.1) is 10.6 Å². The van der Waals surface area contributed by atoms with Crippen LogP contribution in [0.4, 0.5) is 15.8 Å². The maximum atomic E-state index is 13.6. The van der Waals surface area contributed by atoms with Crippen LogP contribution in [0.15, 0.2) is 47.4 Å². The van der Waals surface area contributed by atoms with Crippen LogP contribution >= 0.6 is 0 Å². The number of anilines is 2. The molecule has 0 saturated carbocycles. The fourth-order valence-electron chi connectivity index (χ4n) is 1.96. The second-order valence-corrected chi connectivity index (χ2v) is 7.15. The van der Waals surface area contributed by atoms with Gasteiger partial charge >= 0.3 is 0 Å². The second kappa shape index (κ2) is 6.79. The van der Waals surface area contributed by atoms with Crippen molar-refractivity contribution in [1.29, 1.82) is 0 Å². The van der Waals surface area contributed by atoms with Crippen LogP contribution in [0.5, 0.6) is 0 Å². The van der Waals surface area contributed by atoms with E-state index < -0.39 is 27.5 Å². The predicted octanol–water partition coefficient (Wildman–Crippen LogP) is 2.44. The van der Waals surface area contributed by atoms with Crippen LogP contribution < -0.4 is 10.6 Å². The molecular weight excluding hydrogens is 335 g/mol. The average molecular weight is 350 g/mol. The smallest absolute Gasteiger partial charge is 0.255 e. The molecule has 0 bridgehead atoms. The van der Waals surface area contributed by atoms with Crippen molar-refractivity contribution in [2.45, 2.75) is 11.8 Å². The summed E-state index contributed by atoms with van der Waals surface area (Å²) in [6, 6.07) is 9.27. The summed E-state index contributed by atoms with van der Waals surface area (Å²) in [5.74, 6) is -1.64. The highest BCUT2D eigenvalue weighted by Crippen LogP contribution is 2.20. The summed E-state index contributed by atoms with van der Waals surface area (Å²) >= 11 is 0. The monoisotopic (exact) mass is 350 g/mol. The molecule has 0 aliphatic rings. The van der Waals surface area contributed by atoms with Gasteiger partial charge in [0.1, 0.15) is 5.82 Å². The summed E-state index contributed by atoms with van der Waals surface area (Å²) in [5, 5.41) is 4.84. The third-order valence-electron chi connectivity index (χ3n) is 3.06. The lowest BCUT2D eigenvalue weighted by Crippen LogP contribution is -2.14. The molecule has 2 aromatic rings. The van der Waals surface area contributed by atoms with Gasteiger partial charge in [-0.1, -0.05) is 6.07 Å². The molecule has 126 valence electrons. The first-order valence-corrected chi connectivity index (χ1v) is 8.74. The Hall–Kier alpha value is -2.74. The van der Waals surface area contributed by atoms with E-state index in [1.807, 2.05) is 0 Å². The van der Waals surface area contributed by atoms with Crippen LogP contribution in [0.25, 0.3) is 0 Å². The van der Waals surface area contributed by atoms with Crippen molar-refractivity contribution >= 4 is 33.0 Å². The van der Waals surface area contributed by atoms with E-state index in [4.69, 9.17) is 0 Å². The third kappa shape index (κ3) is 4.39. The number of halogens is 1. The van der Waals surface area contributed by atoms with Crippen molar-refractivity contribution in [3.8, 4) is 0 Å². The summed E-state index contributed by atoms with van der Waals surface area (Å²) in [6.45, 7) is 1.24. The Labute approximate surface area is 138 Å². The van der Waals surface area contributed by atoms with Crippen molar-refractivity contribution in [1.82, 2.24) is 0 Å². The fraction of sp³-hybridized carbons (Fsp3) is 0.125. The standard InChI is InChI=1S/C16H15FN2O4S/c1-10(20)18-15-9-12(6-7-14(15)17)19-16(21)11-4-3-5-13(8-11)24(2,22)23/h3-9H,1-2H3,(H,18,20)(H,19,21). The van der Waals surface area contributed by atoms with Crippen molar-refractivity contribution in [3.05, 3.63) is 53.8 Å². The molecule has 2 N–H and O–H groups in total. The lowest BCUT2D eigenvalue weighted by atomic mass is 10.2. The molecule has 24 heavy (non-hydrogen) atoms. The quantitative estimate of drug-likeness (QED) is 0.886.